The van der Waals surface area contributed by atoms with E-state index < -0.39 is 40.6 Å². The highest BCUT2D eigenvalue weighted by Gasteiger charge is 2.31. The number of nitrogens with zero attached hydrogens (tertiary/aromatic N) is 6. The summed E-state index contributed by atoms with van der Waals surface area (Å²) in [6, 6.07) is 5.93. The van der Waals surface area contributed by atoms with Gasteiger partial charge in [-0.05, 0) is 36.2 Å². The van der Waals surface area contributed by atoms with Crippen LogP contribution in [0.4, 0.5) is 10.1 Å². The van der Waals surface area contributed by atoms with E-state index in [1.807, 2.05) is 6.92 Å². The number of anilines is 1. The van der Waals surface area contributed by atoms with Crippen LogP contribution < -0.4 is 10.9 Å². The second kappa shape index (κ2) is 9.83. The van der Waals surface area contributed by atoms with Crippen LogP contribution in [0.3, 0.4) is 0 Å². The van der Waals surface area contributed by atoms with Gasteiger partial charge in [-0.15, -0.1) is 0 Å². The third-order valence-electron chi connectivity index (χ3n) is 5.92. The number of rotatable bonds is 7. The lowest BCUT2D eigenvalue weighted by Gasteiger charge is -2.26. The van der Waals surface area contributed by atoms with Crippen molar-refractivity contribution in [3.63, 3.8) is 0 Å². The summed E-state index contributed by atoms with van der Waals surface area (Å²) in [4.78, 5) is 30.0. The Morgan fingerprint density at radius 1 is 1.36 bits per heavy atom. The molecule has 36 heavy (non-hydrogen) atoms. The average Bonchev–Trinajstić information content (AvgIpc) is 3.55. The fourth-order valence-corrected chi connectivity index (χ4v) is 4.12. The van der Waals surface area contributed by atoms with Gasteiger partial charge in [0.15, 0.2) is 5.69 Å². The van der Waals surface area contributed by atoms with Gasteiger partial charge in [-0.1, -0.05) is 12.1 Å². The summed E-state index contributed by atoms with van der Waals surface area (Å²) < 4.78 is 21.8. The Labute approximate surface area is 204 Å². The van der Waals surface area contributed by atoms with Crippen LogP contribution >= 0.6 is 0 Å². The number of aromatic hydroxyl groups is 1. The number of hydrogen-bond acceptors (Lipinski definition) is 8. The lowest BCUT2D eigenvalue weighted by molar-refractivity contribution is 0.101. The Bertz CT molecular complexity index is 1520. The standard InChI is InChI=1S/C24H22FN7O4/c1-4-32-11-15(9-27-32)19(18-7-16(25)6-5-14(18)8-26)13(2)22-30-20(21(33)24(35)31(22)3)23(34)29-17-10-28-36-12-17/h5-7,9-13,19,33H,4H2,1-3H3,(H,29,34)/t13-,19-/m1/s1. The van der Waals surface area contributed by atoms with Crippen LogP contribution in [0, 0.1) is 17.1 Å². The van der Waals surface area contributed by atoms with E-state index in [1.165, 1.54) is 37.7 Å². The van der Waals surface area contributed by atoms with Gasteiger partial charge < -0.3 is 14.9 Å². The molecular formula is C24H22FN7O4. The molecule has 1 aromatic carbocycles. The molecule has 0 fully saturated rings. The molecule has 4 aromatic rings. The molecule has 0 radical (unpaired) electrons. The van der Waals surface area contributed by atoms with Crippen molar-refractivity contribution in [3.05, 3.63) is 87.4 Å². The molecule has 12 heteroatoms. The lowest BCUT2D eigenvalue weighted by Crippen LogP contribution is -2.29. The Morgan fingerprint density at radius 3 is 2.78 bits per heavy atom. The summed E-state index contributed by atoms with van der Waals surface area (Å²) in [5.41, 5.74) is 0.142. The first kappa shape index (κ1) is 24.3. The van der Waals surface area contributed by atoms with E-state index in [-0.39, 0.29) is 17.1 Å². The molecule has 11 nitrogen and oxygen atoms in total. The highest BCUT2D eigenvalue weighted by atomic mass is 19.1. The average molecular weight is 491 g/mol. The highest BCUT2D eigenvalue weighted by molar-refractivity contribution is 6.04. The van der Waals surface area contributed by atoms with Gasteiger partial charge in [-0.3, -0.25) is 18.8 Å². The van der Waals surface area contributed by atoms with Gasteiger partial charge in [0.05, 0.1) is 24.0 Å². The molecule has 1 amide bonds. The minimum absolute atomic E-state index is 0.135. The third kappa shape index (κ3) is 4.46. The van der Waals surface area contributed by atoms with E-state index in [2.05, 4.69) is 31.1 Å². The zero-order valence-corrected chi connectivity index (χ0v) is 19.6. The summed E-state index contributed by atoms with van der Waals surface area (Å²) in [5, 5.41) is 30.4. The number of aromatic nitrogens is 5. The molecule has 0 aliphatic carbocycles. The minimum atomic E-state index is -0.847. The van der Waals surface area contributed by atoms with Gasteiger partial charge >= 0.3 is 0 Å². The molecular weight excluding hydrogens is 469 g/mol. The molecule has 0 aliphatic heterocycles. The monoisotopic (exact) mass is 491 g/mol. The highest BCUT2D eigenvalue weighted by Crippen LogP contribution is 2.39. The minimum Gasteiger partial charge on any atom is -0.501 e. The number of nitriles is 1. The van der Waals surface area contributed by atoms with Crippen molar-refractivity contribution in [3.8, 4) is 11.8 Å². The molecule has 2 atom stereocenters. The predicted molar refractivity (Wildman–Crippen MR) is 125 cm³/mol. The van der Waals surface area contributed by atoms with E-state index in [4.69, 9.17) is 0 Å². The summed E-state index contributed by atoms with van der Waals surface area (Å²) >= 11 is 0. The van der Waals surface area contributed by atoms with Crippen molar-refractivity contribution in [2.24, 2.45) is 7.05 Å². The molecule has 0 bridgehead atoms. The molecule has 0 saturated carbocycles. The Hall–Kier alpha value is -4.79. The first-order chi connectivity index (χ1) is 17.2. The van der Waals surface area contributed by atoms with Crippen molar-refractivity contribution in [1.29, 1.82) is 5.26 Å². The summed E-state index contributed by atoms with van der Waals surface area (Å²) in [6.45, 7) is 4.22. The summed E-state index contributed by atoms with van der Waals surface area (Å²) in [5.74, 6) is -3.40. The first-order valence-corrected chi connectivity index (χ1v) is 11.0. The number of benzene rings is 1. The maximum atomic E-state index is 14.3. The van der Waals surface area contributed by atoms with E-state index >= 15 is 0 Å². The fourth-order valence-electron chi connectivity index (χ4n) is 4.12. The largest absolute Gasteiger partial charge is 0.501 e. The molecule has 0 unspecified atom stereocenters. The maximum absolute atomic E-state index is 14.3. The van der Waals surface area contributed by atoms with Crippen LogP contribution in [0.2, 0.25) is 0 Å². The SMILES string of the molecule is CCn1cc([C@H](c2cc(F)ccc2C#N)[C@@H](C)c2nc(C(=O)Nc3cnoc3)c(O)c(=O)n2C)cn1. The molecule has 0 aliphatic rings. The molecule has 184 valence electrons. The molecule has 3 aromatic heterocycles. The van der Waals surface area contributed by atoms with Gasteiger partial charge in [0.2, 0.25) is 5.75 Å². The zero-order valence-electron chi connectivity index (χ0n) is 19.6. The molecule has 4 rings (SSSR count). The van der Waals surface area contributed by atoms with Crippen LogP contribution in [0.1, 0.15) is 58.7 Å². The summed E-state index contributed by atoms with van der Waals surface area (Å²) in [7, 11) is 1.41. The number of carbonyl (C=O) groups is 1. The van der Waals surface area contributed by atoms with Crippen molar-refractivity contribution < 1.29 is 18.8 Å². The van der Waals surface area contributed by atoms with Crippen LogP contribution in [-0.4, -0.2) is 35.5 Å². The van der Waals surface area contributed by atoms with Crippen LogP contribution in [0.25, 0.3) is 0 Å². The van der Waals surface area contributed by atoms with Crippen molar-refractivity contribution in [2.75, 3.05) is 5.32 Å². The number of nitrogens with one attached hydrogen (secondary N) is 1. The third-order valence-corrected chi connectivity index (χ3v) is 5.92. The Kier molecular flexibility index (Phi) is 6.64. The zero-order chi connectivity index (χ0) is 26.0. The second-order valence-electron chi connectivity index (χ2n) is 8.14. The van der Waals surface area contributed by atoms with Gasteiger partial charge in [0.1, 0.15) is 23.6 Å². The number of aryl methyl sites for hydroxylation is 1. The number of hydrogen-bond donors (Lipinski definition) is 2. The quantitative estimate of drug-likeness (QED) is 0.400. The van der Waals surface area contributed by atoms with E-state index in [0.717, 1.165) is 4.57 Å². The van der Waals surface area contributed by atoms with Gasteiger partial charge in [-0.25, -0.2) is 9.37 Å². The van der Waals surface area contributed by atoms with E-state index in [1.54, 1.807) is 24.0 Å². The first-order valence-electron chi connectivity index (χ1n) is 11.0. The maximum Gasteiger partial charge on any atom is 0.296 e. The lowest BCUT2D eigenvalue weighted by atomic mass is 9.80. The van der Waals surface area contributed by atoms with E-state index in [9.17, 15) is 24.3 Å². The van der Waals surface area contributed by atoms with Crippen molar-refractivity contribution >= 4 is 11.6 Å². The molecule has 2 N–H and O–H groups in total. The Balaban J connectivity index is 1.88. The predicted octanol–water partition coefficient (Wildman–Crippen LogP) is 2.89. The van der Waals surface area contributed by atoms with Gasteiger partial charge in [0, 0.05) is 31.6 Å². The molecule has 0 spiro atoms. The smallest absolute Gasteiger partial charge is 0.296 e. The topological polar surface area (TPSA) is 152 Å². The molecule has 3 heterocycles. The van der Waals surface area contributed by atoms with Crippen molar-refractivity contribution in [2.45, 2.75) is 32.2 Å². The van der Waals surface area contributed by atoms with Gasteiger partial charge in [-0.2, -0.15) is 10.4 Å². The normalized spacial score (nSPS) is 12.6. The fraction of sp³-hybridized carbons (Fsp3) is 0.250. The van der Waals surface area contributed by atoms with Gasteiger partial charge in [0.25, 0.3) is 11.5 Å². The van der Waals surface area contributed by atoms with Crippen LogP contribution in [0.5, 0.6) is 5.75 Å². The number of carbonyl (C=O) groups excluding carboxylic acids is 1. The second-order valence-corrected chi connectivity index (χ2v) is 8.14. The number of halogens is 1. The van der Waals surface area contributed by atoms with E-state index in [0.29, 0.717) is 17.7 Å². The molecule has 0 saturated heterocycles. The summed E-state index contributed by atoms with van der Waals surface area (Å²) in [6.07, 6.45) is 5.79. The van der Waals surface area contributed by atoms with Crippen LogP contribution in [-0.2, 0) is 13.6 Å². The van der Waals surface area contributed by atoms with Crippen LogP contribution in [0.15, 0.2) is 52.4 Å². The Morgan fingerprint density at radius 2 is 2.14 bits per heavy atom. The van der Waals surface area contributed by atoms with Crippen molar-refractivity contribution in [1.82, 2.24) is 24.5 Å². The number of amides is 1.